The fourth-order valence-corrected chi connectivity index (χ4v) is 2.37. The van der Waals surface area contributed by atoms with Crippen molar-refractivity contribution in [3.8, 4) is 0 Å². The number of hydrogen-bond donors (Lipinski definition) is 1. The summed E-state index contributed by atoms with van der Waals surface area (Å²) < 4.78 is 1.77. The molecule has 2 rings (SSSR count). The summed E-state index contributed by atoms with van der Waals surface area (Å²) in [6.07, 6.45) is 4.20. The van der Waals surface area contributed by atoms with Gasteiger partial charge in [-0.2, -0.15) is 5.10 Å². The maximum absolute atomic E-state index is 6.00. The zero-order chi connectivity index (χ0) is 11.7. The molecule has 0 atom stereocenters. The van der Waals surface area contributed by atoms with Gasteiger partial charge in [0.25, 0.3) is 0 Å². The molecule has 1 saturated carbocycles. The number of hydrogen-bond acceptors (Lipinski definition) is 3. The van der Waals surface area contributed by atoms with Gasteiger partial charge in [-0.15, -0.1) is 0 Å². The second-order valence-corrected chi connectivity index (χ2v) is 5.07. The maximum atomic E-state index is 6.00. The van der Waals surface area contributed by atoms with Crippen LogP contribution in [-0.2, 0) is 13.6 Å². The van der Waals surface area contributed by atoms with Crippen molar-refractivity contribution in [2.24, 2.45) is 13.0 Å². The van der Waals surface area contributed by atoms with E-state index in [9.17, 15) is 0 Å². The molecule has 1 aromatic rings. The highest BCUT2D eigenvalue weighted by Gasteiger charge is 2.20. The van der Waals surface area contributed by atoms with Gasteiger partial charge in [-0.3, -0.25) is 4.68 Å². The van der Waals surface area contributed by atoms with E-state index in [-0.39, 0.29) is 0 Å². The van der Waals surface area contributed by atoms with Crippen molar-refractivity contribution >= 4 is 5.82 Å². The zero-order valence-corrected chi connectivity index (χ0v) is 10.5. The minimum absolute atomic E-state index is 0.804. The summed E-state index contributed by atoms with van der Waals surface area (Å²) in [7, 11) is 4.07. The van der Waals surface area contributed by atoms with Crippen LogP contribution in [0.3, 0.4) is 0 Å². The SMILES string of the molecule is Cc1nn(C)c(N)c1CN(C)CC1CCC1. The van der Waals surface area contributed by atoms with Crippen LogP contribution in [0, 0.1) is 12.8 Å². The molecule has 90 valence electrons. The average Bonchev–Trinajstić information content (AvgIpc) is 2.39. The van der Waals surface area contributed by atoms with Crippen molar-refractivity contribution in [2.45, 2.75) is 32.7 Å². The molecule has 4 nitrogen and oxygen atoms in total. The van der Waals surface area contributed by atoms with Gasteiger partial charge in [0, 0.05) is 25.7 Å². The number of anilines is 1. The monoisotopic (exact) mass is 222 g/mol. The van der Waals surface area contributed by atoms with Crippen LogP contribution < -0.4 is 5.73 Å². The van der Waals surface area contributed by atoms with E-state index in [2.05, 4.69) is 17.0 Å². The van der Waals surface area contributed by atoms with Gasteiger partial charge in [-0.1, -0.05) is 6.42 Å². The summed E-state index contributed by atoms with van der Waals surface area (Å²) in [6, 6.07) is 0. The highest BCUT2D eigenvalue weighted by atomic mass is 15.3. The number of aryl methyl sites for hydroxylation is 2. The zero-order valence-electron chi connectivity index (χ0n) is 10.5. The quantitative estimate of drug-likeness (QED) is 0.840. The summed E-state index contributed by atoms with van der Waals surface area (Å²) in [5.41, 5.74) is 8.24. The lowest BCUT2D eigenvalue weighted by atomic mass is 9.85. The fraction of sp³-hybridized carbons (Fsp3) is 0.750. The van der Waals surface area contributed by atoms with Crippen LogP contribution in [-0.4, -0.2) is 28.3 Å². The van der Waals surface area contributed by atoms with E-state index in [0.717, 1.165) is 24.0 Å². The van der Waals surface area contributed by atoms with Crippen molar-refractivity contribution in [3.63, 3.8) is 0 Å². The van der Waals surface area contributed by atoms with Gasteiger partial charge in [0.2, 0.25) is 0 Å². The summed E-state index contributed by atoms with van der Waals surface area (Å²) in [5.74, 6) is 1.71. The van der Waals surface area contributed by atoms with Gasteiger partial charge in [0.15, 0.2) is 0 Å². The first-order valence-electron chi connectivity index (χ1n) is 6.04. The number of nitrogens with two attached hydrogens (primary N) is 1. The van der Waals surface area contributed by atoms with E-state index in [1.165, 1.54) is 31.4 Å². The highest BCUT2D eigenvalue weighted by Crippen LogP contribution is 2.27. The second-order valence-electron chi connectivity index (χ2n) is 5.07. The fourth-order valence-electron chi connectivity index (χ4n) is 2.37. The molecule has 2 N–H and O–H groups in total. The van der Waals surface area contributed by atoms with E-state index in [0.29, 0.717) is 0 Å². The molecule has 4 heteroatoms. The van der Waals surface area contributed by atoms with Crippen LogP contribution in [0.4, 0.5) is 5.82 Å². The number of nitrogen functional groups attached to an aromatic ring is 1. The first-order chi connectivity index (χ1) is 7.58. The van der Waals surface area contributed by atoms with E-state index in [1.807, 2.05) is 14.0 Å². The molecule has 1 aliphatic carbocycles. The number of aromatic nitrogens is 2. The van der Waals surface area contributed by atoms with Gasteiger partial charge in [0.05, 0.1) is 5.69 Å². The first kappa shape index (κ1) is 11.5. The molecule has 0 bridgehead atoms. The Hall–Kier alpha value is -1.03. The molecular formula is C12H22N4. The molecule has 0 amide bonds. The maximum Gasteiger partial charge on any atom is 0.126 e. The van der Waals surface area contributed by atoms with Crippen molar-refractivity contribution in [1.82, 2.24) is 14.7 Å². The summed E-state index contributed by atoms with van der Waals surface area (Å²) >= 11 is 0. The minimum Gasteiger partial charge on any atom is -0.384 e. The Kier molecular flexibility index (Phi) is 3.19. The average molecular weight is 222 g/mol. The van der Waals surface area contributed by atoms with E-state index in [4.69, 9.17) is 5.73 Å². The first-order valence-corrected chi connectivity index (χ1v) is 6.04. The van der Waals surface area contributed by atoms with Crippen LogP contribution in [0.2, 0.25) is 0 Å². The third-order valence-electron chi connectivity index (χ3n) is 3.62. The molecule has 1 fully saturated rings. The number of nitrogens with zero attached hydrogens (tertiary/aromatic N) is 3. The smallest absolute Gasteiger partial charge is 0.126 e. The molecule has 1 heterocycles. The summed E-state index contributed by atoms with van der Waals surface area (Å²) in [6.45, 7) is 4.14. The Morgan fingerprint density at radius 1 is 1.50 bits per heavy atom. The molecule has 0 aromatic carbocycles. The van der Waals surface area contributed by atoms with Crippen molar-refractivity contribution in [2.75, 3.05) is 19.3 Å². The van der Waals surface area contributed by atoms with Gasteiger partial charge >= 0.3 is 0 Å². The Balaban J connectivity index is 1.96. The van der Waals surface area contributed by atoms with Crippen molar-refractivity contribution < 1.29 is 0 Å². The van der Waals surface area contributed by atoms with Crippen LogP contribution in [0.15, 0.2) is 0 Å². The van der Waals surface area contributed by atoms with Crippen LogP contribution in [0.1, 0.15) is 30.5 Å². The van der Waals surface area contributed by atoms with E-state index < -0.39 is 0 Å². The lowest BCUT2D eigenvalue weighted by Gasteiger charge is -2.30. The third-order valence-corrected chi connectivity index (χ3v) is 3.62. The van der Waals surface area contributed by atoms with Crippen LogP contribution >= 0.6 is 0 Å². The topological polar surface area (TPSA) is 47.1 Å². The van der Waals surface area contributed by atoms with Gasteiger partial charge < -0.3 is 10.6 Å². The summed E-state index contributed by atoms with van der Waals surface area (Å²) in [5, 5.41) is 4.34. The van der Waals surface area contributed by atoms with Crippen LogP contribution in [0.5, 0.6) is 0 Å². The predicted molar refractivity (Wildman–Crippen MR) is 66.0 cm³/mol. The molecule has 16 heavy (non-hydrogen) atoms. The minimum atomic E-state index is 0.804. The largest absolute Gasteiger partial charge is 0.384 e. The molecule has 0 spiro atoms. The Labute approximate surface area is 97.4 Å². The predicted octanol–water partition coefficient (Wildman–Crippen LogP) is 1.54. The Morgan fingerprint density at radius 2 is 2.19 bits per heavy atom. The molecule has 1 aromatic heterocycles. The van der Waals surface area contributed by atoms with E-state index in [1.54, 1.807) is 4.68 Å². The third kappa shape index (κ3) is 2.21. The van der Waals surface area contributed by atoms with Gasteiger partial charge in [-0.05, 0) is 32.7 Å². The molecule has 1 aliphatic rings. The van der Waals surface area contributed by atoms with E-state index >= 15 is 0 Å². The van der Waals surface area contributed by atoms with Gasteiger partial charge in [-0.25, -0.2) is 0 Å². The lowest BCUT2D eigenvalue weighted by Crippen LogP contribution is -2.29. The summed E-state index contributed by atoms with van der Waals surface area (Å²) in [4.78, 5) is 2.37. The Bertz CT molecular complexity index is 365. The Morgan fingerprint density at radius 3 is 2.62 bits per heavy atom. The van der Waals surface area contributed by atoms with Crippen LogP contribution in [0.25, 0.3) is 0 Å². The standard InChI is InChI=1S/C12H22N4/c1-9-11(12(13)16(3)14-9)8-15(2)7-10-5-4-6-10/h10H,4-8,13H2,1-3H3. The number of rotatable bonds is 4. The molecular weight excluding hydrogens is 200 g/mol. The second kappa shape index (κ2) is 4.45. The molecule has 0 radical (unpaired) electrons. The highest BCUT2D eigenvalue weighted by molar-refractivity contribution is 5.42. The van der Waals surface area contributed by atoms with Crippen molar-refractivity contribution in [1.29, 1.82) is 0 Å². The molecule has 0 saturated heterocycles. The normalized spacial score (nSPS) is 16.8. The molecule has 0 unspecified atom stereocenters. The lowest BCUT2D eigenvalue weighted by molar-refractivity contribution is 0.200. The molecule has 0 aliphatic heterocycles. The van der Waals surface area contributed by atoms with Crippen molar-refractivity contribution in [3.05, 3.63) is 11.3 Å². The van der Waals surface area contributed by atoms with Gasteiger partial charge in [0.1, 0.15) is 5.82 Å².